The van der Waals surface area contributed by atoms with Gasteiger partial charge in [-0.1, -0.05) is 161 Å². The SMILES string of the molecule is CC1(C)c2ccc(-n3c4ccccc4c4ccccc43)cc2-c2ccc(N(c3ccc(-c4ccccc4)cc3)c3ccc(-c4ccccc4)cc3)cc2C1(C)C. The van der Waals surface area contributed by atoms with E-state index in [9.17, 15) is 0 Å². The van der Waals surface area contributed by atoms with Crippen molar-refractivity contribution in [2.45, 2.75) is 38.5 Å². The minimum Gasteiger partial charge on any atom is -0.310 e. The summed E-state index contributed by atoms with van der Waals surface area (Å²) in [6.07, 6.45) is 0. The largest absolute Gasteiger partial charge is 0.310 e. The van der Waals surface area contributed by atoms with Crippen molar-refractivity contribution in [3.63, 3.8) is 0 Å². The Balaban J connectivity index is 1.13. The standard InChI is InChI=1S/C54H44N2/c1-53(2)49-34-32-43(56-51-21-13-11-19-46(51)47-20-12-14-22-52(47)56)35-48(49)45-33-31-44(36-50(45)54(53,3)4)55(41-27-23-39(24-28-41)37-15-7-5-8-16-37)42-29-25-40(26-30-42)38-17-9-6-10-18-38/h5-36H,1-4H3. The number of anilines is 3. The average molecular weight is 721 g/mol. The number of nitrogens with zero attached hydrogens (tertiary/aromatic N) is 2. The fourth-order valence-corrected chi connectivity index (χ4v) is 9.05. The highest BCUT2D eigenvalue weighted by molar-refractivity contribution is 6.09. The Hall–Kier alpha value is -6.64. The lowest BCUT2D eigenvalue weighted by Crippen LogP contribution is -2.43. The fourth-order valence-electron chi connectivity index (χ4n) is 9.05. The predicted molar refractivity (Wildman–Crippen MR) is 238 cm³/mol. The summed E-state index contributed by atoms with van der Waals surface area (Å²) in [5.41, 5.74) is 17.0. The minimum absolute atomic E-state index is 0.132. The second-order valence-electron chi connectivity index (χ2n) is 16.2. The van der Waals surface area contributed by atoms with Crippen molar-refractivity contribution in [2.24, 2.45) is 0 Å². The van der Waals surface area contributed by atoms with Gasteiger partial charge in [-0.05, 0) is 116 Å². The van der Waals surface area contributed by atoms with Crippen molar-refractivity contribution in [1.29, 1.82) is 0 Å². The molecule has 0 spiro atoms. The summed E-state index contributed by atoms with van der Waals surface area (Å²) >= 11 is 0. The molecule has 1 aliphatic carbocycles. The second-order valence-corrected chi connectivity index (χ2v) is 16.2. The molecule has 0 saturated heterocycles. The van der Waals surface area contributed by atoms with Crippen LogP contribution in [-0.2, 0) is 10.8 Å². The molecule has 56 heavy (non-hydrogen) atoms. The molecule has 8 aromatic carbocycles. The van der Waals surface area contributed by atoms with E-state index in [4.69, 9.17) is 0 Å². The van der Waals surface area contributed by atoms with E-state index in [2.05, 4.69) is 231 Å². The van der Waals surface area contributed by atoms with E-state index in [1.165, 1.54) is 72.0 Å². The first-order valence-corrected chi connectivity index (χ1v) is 19.7. The van der Waals surface area contributed by atoms with Gasteiger partial charge in [-0.25, -0.2) is 0 Å². The van der Waals surface area contributed by atoms with Crippen molar-refractivity contribution in [2.75, 3.05) is 4.90 Å². The van der Waals surface area contributed by atoms with Crippen LogP contribution >= 0.6 is 0 Å². The van der Waals surface area contributed by atoms with Crippen LogP contribution in [0.15, 0.2) is 194 Å². The molecular formula is C54H44N2. The summed E-state index contributed by atoms with van der Waals surface area (Å²) < 4.78 is 2.44. The number of aromatic nitrogens is 1. The maximum absolute atomic E-state index is 2.46. The van der Waals surface area contributed by atoms with Gasteiger partial charge in [0.1, 0.15) is 0 Å². The molecule has 0 saturated carbocycles. The lowest BCUT2D eigenvalue weighted by atomic mass is 9.55. The van der Waals surface area contributed by atoms with Gasteiger partial charge in [-0.15, -0.1) is 0 Å². The third kappa shape index (κ3) is 5.32. The summed E-state index contributed by atoms with van der Waals surface area (Å²) in [6, 6.07) is 71.1. The highest BCUT2D eigenvalue weighted by Crippen LogP contribution is 2.55. The molecule has 0 fully saturated rings. The average Bonchev–Trinajstić information content (AvgIpc) is 3.59. The highest BCUT2D eigenvalue weighted by Gasteiger charge is 2.46. The van der Waals surface area contributed by atoms with E-state index in [1.54, 1.807) is 0 Å². The Morgan fingerprint density at radius 2 is 0.804 bits per heavy atom. The maximum Gasteiger partial charge on any atom is 0.0541 e. The van der Waals surface area contributed by atoms with Crippen LogP contribution in [0, 0.1) is 0 Å². The first-order valence-electron chi connectivity index (χ1n) is 19.7. The first kappa shape index (κ1) is 33.9. The van der Waals surface area contributed by atoms with Crippen LogP contribution in [0.1, 0.15) is 38.8 Å². The molecule has 9 aromatic rings. The summed E-state index contributed by atoms with van der Waals surface area (Å²) in [5.74, 6) is 0. The zero-order chi connectivity index (χ0) is 38.0. The molecular weight excluding hydrogens is 677 g/mol. The molecule has 10 rings (SSSR count). The summed E-state index contributed by atoms with van der Waals surface area (Å²) in [4.78, 5) is 2.41. The molecule has 0 unspecified atom stereocenters. The van der Waals surface area contributed by atoms with E-state index < -0.39 is 0 Å². The van der Waals surface area contributed by atoms with Gasteiger partial charge in [0, 0.05) is 33.5 Å². The number of hydrogen-bond acceptors (Lipinski definition) is 1. The van der Waals surface area contributed by atoms with Crippen LogP contribution in [0.5, 0.6) is 0 Å². The van der Waals surface area contributed by atoms with Gasteiger partial charge in [0.25, 0.3) is 0 Å². The summed E-state index contributed by atoms with van der Waals surface area (Å²) in [7, 11) is 0. The smallest absolute Gasteiger partial charge is 0.0541 e. The normalized spacial score (nSPS) is 14.0. The Morgan fingerprint density at radius 1 is 0.357 bits per heavy atom. The topological polar surface area (TPSA) is 8.17 Å². The first-order chi connectivity index (χ1) is 27.3. The van der Waals surface area contributed by atoms with E-state index in [0.29, 0.717) is 0 Å². The quantitative estimate of drug-likeness (QED) is 0.166. The van der Waals surface area contributed by atoms with Crippen molar-refractivity contribution < 1.29 is 0 Å². The third-order valence-corrected chi connectivity index (χ3v) is 12.8. The molecule has 0 radical (unpaired) electrons. The van der Waals surface area contributed by atoms with Crippen LogP contribution in [0.2, 0.25) is 0 Å². The zero-order valence-corrected chi connectivity index (χ0v) is 32.4. The molecule has 2 nitrogen and oxygen atoms in total. The number of para-hydroxylation sites is 2. The van der Waals surface area contributed by atoms with Crippen molar-refractivity contribution in [3.8, 4) is 39.1 Å². The molecule has 1 heterocycles. The summed E-state index contributed by atoms with van der Waals surface area (Å²) in [5, 5.41) is 2.56. The van der Waals surface area contributed by atoms with Crippen LogP contribution < -0.4 is 4.90 Å². The lowest BCUT2D eigenvalue weighted by Gasteiger charge is -2.48. The van der Waals surface area contributed by atoms with Crippen molar-refractivity contribution >= 4 is 38.9 Å². The summed E-state index contributed by atoms with van der Waals surface area (Å²) in [6.45, 7) is 9.69. The minimum atomic E-state index is -0.153. The third-order valence-electron chi connectivity index (χ3n) is 12.8. The second kappa shape index (κ2) is 13.0. The van der Waals surface area contributed by atoms with E-state index in [1.807, 2.05) is 0 Å². The van der Waals surface area contributed by atoms with Gasteiger partial charge in [-0.3, -0.25) is 0 Å². The van der Waals surface area contributed by atoms with Crippen LogP contribution in [0.4, 0.5) is 17.1 Å². The predicted octanol–water partition coefficient (Wildman–Crippen LogP) is 14.8. The van der Waals surface area contributed by atoms with Crippen LogP contribution in [-0.4, -0.2) is 4.57 Å². The van der Waals surface area contributed by atoms with E-state index >= 15 is 0 Å². The Kier molecular flexibility index (Phi) is 7.87. The lowest BCUT2D eigenvalue weighted by molar-refractivity contribution is 0.299. The molecule has 270 valence electrons. The number of benzene rings is 8. The number of rotatable bonds is 6. The highest BCUT2D eigenvalue weighted by atomic mass is 15.1. The van der Waals surface area contributed by atoms with Gasteiger partial charge < -0.3 is 9.47 Å². The molecule has 0 N–H and O–H groups in total. The number of fused-ring (bicyclic) bond motifs is 6. The van der Waals surface area contributed by atoms with Crippen LogP contribution in [0.3, 0.4) is 0 Å². The monoisotopic (exact) mass is 720 g/mol. The van der Waals surface area contributed by atoms with Crippen LogP contribution in [0.25, 0.3) is 60.9 Å². The van der Waals surface area contributed by atoms with E-state index in [-0.39, 0.29) is 10.8 Å². The Labute approximate surface area is 330 Å². The maximum atomic E-state index is 2.46. The molecule has 2 heteroatoms. The Morgan fingerprint density at radius 3 is 1.34 bits per heavy atom. The Bertz CT molecular complexity index is 2740. The molecule has 1 aromatic heterocycles. The van der Waals surface area contributed by atoms with Crippen molar-refractivity contribution in [1.82, 2.24) is 4.57 Å². The zero-order valence-electron chi connectivity index (χ0n) is 32.4. The fraction of sp³-hybridized carbons (Fsp3) is 0.111. The van der Waals surface area contributed by atoms with Crippen molar-refractivity contribution in [3.05, 3.63) is 205 Å². The molecule has 0 amide bonds. The molecule has 0 aliphatic heterocycles. The number of hydrogen-bond donors (Lipinski definition) is 0. The van der Waals surface area contributed by atoms with Gasteiger partial charge in [0.05, 0.1) is 11.0 Å². The van der Waals surface area contributed by atoms with Gasteiger partial charge >= 0.3 is 0 Å². The molecule has 0 bridgehead atoms. The van der Waals surface area contributed by atoms with Gasteiger partial charge in [-0.2, -0.15) is 0 Å². The van der Waals surface area contributed by atoms with E-state index in [0.717, 1.165) is 17.1 Å². The van der Waals surface area contributed by atoms with Gasteiger partial charge in [0.2, 0.25) is 0 Å². The molecule has 0 atom stereocenters. The van der Waals surface area contributed by atoms with Gasteiger partial charge in [0.15, 0.2) is 0 Å². The molecule has 1 aliphatic rings.